The van der Waals surface area contributed by atoms with Crippen molar-refractivity contribution in [2.24, 2.45) is 4.99 Å². The average molecular weight is 540 g/mol. The molecule has 1 aromatic heterocycles. The first-order chi connectivity index (χ1) is 15.2. The van der Waals surface area contributed by atoms with E-state index in [1.54, 1.807) is 7.05 Å². The van der Waals surface area contributed by atoms with Gasteiger partial charge in [0.1, 0.15) is 0 Å². The van der Waals surface area contributed by atoms with Crippen LogP contribution in [0.15, 0.2) is 81.1 Å². The van der Waals surface area contributed by atoms with Crippen LogP contribution < -0.4 is 19.0 Å². The summed E-state index contributed by atoms with van der Waals surface area (Å²) in [7, 11) is 1.80. The Balaban J connectivity index is 1.55. The summed E-state index contributed by atoms with van der Waals surface area (Å²) < 4.78 is 7.69. The summed E-state index contributed by atoms with van der Waals surface area (Å²) in [5.41, 5.74) is 5.03. The molecule has 6 heteroatoms. The molecule has 2 aromatic carbocycles. The zero-order valence-electron chi connectivity index (χ0n) is 17.8. The molecule has 1 aliphatic carbocycles. The Labute approximate surface area is 194 Å². The van der Waals surface area contributed by atoms with Crippen molar-refractivity contribution in [3.05, 3.63) is 80.7 Å². The Bertz CT molecular complexity index is 1310. The minimum atomic E-state index is 0.130. The number of aryl methyl sites for hydroxylation is 1. The predicted molar refractivity (Wildman–Crippen MR) is 126 cm³/mol. The summed E-state index contributed by atoms with van der Waals surface area (Å²) in [5, 5.41) is 13.2. The van der Waals surface area contributed by atoms with Crippen molar-refractivity contribution in [1.82, 2.24) is 0 Å². The second-order valence-electron chi connectivity index (χ2n) is 7.46. The monoisotopic (exact) mass is 542 g/mol. The van der Waals surface area contributed by atoms with Crippen LogP contribution >= 0.6 is 0 Å². The van der Waals surface area contributed by atoms with Crippen LogP contribution in [-0.2, 0) is 6.54 Å². The van der Waals surface area contributed by atoms with Crippen LogP contribution in [0.4, 0.5) is 5.69 Å². The molecule has 0 spiro atoms. The van der Waals surface area contributed by atoms with Crippen LogP contribution in [0.3, 0.4) is 0 Å². The molecule has 0 radical (unpaired) electrons. The fraction of sp³-hybridized carbons (Fsp3) is 0.200. The van der Waals surface area contributed by atoms with Crippen LogP contribution in [-0.4, -0.2) is 48.8 Å². The first-order valence-corrected chi connectivity index (χ1v) is 14.0. The molecule has 3 aromatic rings. The number of hydrogen-bond donors (Lipinski definition) is 1. The molecule has 0 saturated heterocycles. The fourth-order valence-electron chi connectivity index (χ4n) is 4.29. The Hall–Kier alpha value is -2.20. The van der Waals surface area contributed by atoms with E-state index in [2.05, 4.69) is 84.1 Å². The number of benzene rings is 2. The number of fused-ring (bicyclic) bond motifs is 2. The number of hydrogen-bond acceptors (Lipinski definition) is 2. The van der Waals surface area contributed by atoms with E-state index in [0.717, 1.165) is 29.9 Å². The maximum absolute atomic E-state index is 13.2. The molecule has 4 nitrogen and oxygen atoms in total. The zero-order valence-corrected chi connectivity index (χ0v) is 21.2. The van der Waals surface area contributed by atoms with Gasteiger partial charge >= 0.3 is 195 Å². The van der Waals surface area contributed by atoms with Gasteiger partial charge in [0.25, 0.3) is 0 Å². The van der Waals surface area contributed by atoms with E-state index in [4.69, 9.17) is 0 Å². The van der Waals surface area contributed by atoms with Gasteiger partial charge in [-0.2, -0.15) is 0 Å². The molecule has 156 valence electrons. The van der Waals surface area contributed by atoms with Gasteiger partial charge in [-0.1, -0.05) is 0 Å². The number of nitrogens with zero attached hydrogens (tertiary/aromatic N) is 2. The number of para-hydroxylation sites is 2. The average Bonchev–Trinajstić information content (AvgIpc) is 3.34. The van der Waals surface area contributed by atoms with Gasteiger partial charge in [0.05, 0.1) is 0 Å². The Kier molecular flexibility index (Phi) is 5.59. The van der Waals surface area contributed by atoms with Crippen molar-refractivity contribution in [1.29, 1.82) is 0 Å². The predicted octanol–water partition coefficient (Wildman–Crippen LogP) is 0.707. The number of aliphatic imine (C=N–C) groups is 1. The summed E-state index contributed by atoms with van der Waals surface area (Å²) in [6.07, 6.45) is 4.22. The molecule has 0 fully saturated rings. The van der Waals surface area contributed by atoms with Crippen molar-refractivity contribution in [3.8, 4) is 0 Å². The van der Waals surface area contributed by atoms with E-state index >= 15 is 0 Å². The molecule has 0 saturated carbocycles. The van der Waals surface area contributed by atoms with Gasteiger partial charge in [0.2, 0.25) is 0 Å². The van der Waals surface area contributed by atoms with Gasteiger partial charge in [0.15, 0.2) is 0 Å². The SMILES string of the molecule is CC[n+]1c(C=C2C(=NC)C(C=C3[Se]c4ccccc4[NH+]3CC)=C2[O-])[se]c2ccccc21. The maximum atomic E-state index is 13.2. The first-order valence-electron chi connectivity index (χ1n) is 10.5. The van der Waals surface area contributed by atoms with Crippen LogP contribution in [0, 0.1) is 0 Å². The summed E-state index contributed by atoms with van der Waals surface area (Å²) in [4.78, 5) is 5.89. The van der Waals surface area contributed by atoms with Gasteiger partial charge in [-0.3, -0.25) is 0 Å². The topological polar surface area (TPSA) is 43.7 Å². The van der Waals surface area contributed by atoms with E-state index in [0.29, 0.717) is 0 Å². The molecule has 1 N–H and O–H groups in total. The Morgan fingerprint density at radius 1 is 1.06 bits per heavy atom. The molecule has 5 rings (SSSR count). The Morgan fingerprint density at radius 2 is 1.84 bits per heavy atom. The van der Waals surface area contributed by atoms with Gasteiger partial charge in [0, 0.05) is 0 Å². The summed E-state index contributed by atoms with van der Waals surface area (Å²) in [6, 6.07) is 17.2. The van der Waals surface area contributed by atoms with Crippen LogP contribution in [0.5, 0.6) is 0 Å². The van der Waals surface area contributed by atoms with E-state index in [9.17, 15) is 5.11 Å². The van der Waals surface area contributed by atoms with Gasteiger partial charge in [-0.05, 0) is 0 Å². The Morgan fingerprint density at radius 3 is 2.61 bits per heavy atom. The van der Waals surface area contributed by atoms with E-state index in [1.807, 2.05) is 0 Å². The number of quaternary nitrogens is 1. The van der Waals surface area contributed by atoms with Crippen molar-refractivity contribution in [3.63, 3.8) is 0 Å². The van der Waals surface area contributed by atoms with Crippen molar-refractivity contribution < 1.29 is 14.6 Å². The van der Waals surface area contributed by atoms with Crippen molar-refractivity contribution in [2.75, 3.05) is 13.6 Å². The molecular formula is C25H24N3OSe2+. The molecule has 2 heterocycles. The fourth-order valence-corrected chi connectivity index (χ4v) is 9.34. The van der Waals surface area contributed by atoms with Crippen LogP contribution in [0.25, 0.3) is 15.9 Å². The third-order valence-electron chi connectivity index (χ3n) is 5.80. The van der Waals surface area contributed by atoms with Gasteiger partial charge in [-0.15, -0.1) is 0 Å². The molecule has 31 heavy (non-hydrogen) atoms. The number of allylic oxidation sites excluding steroid dienone is 3. The van der Waals surface area contributed by atoms with Crippen LogP contribution in [0.1, 0.15) is 18.4 Å². The van der Waals surface area contributed by atoms with Crippen LogP contribution in [0.2, 0.25) is 0 Å². The van der Waals surface area contributed by atoms with Crippen molar-refractivity contribution in [2.45, 2.75) is 20.4 Å². The molecule has 0 amide bonds. The summed E-state index contributed by atoms with van der Waals surface area (Å²) in [5.74, 6) is 0.130. The standard InChI is InChI=1S/C25H23N3OSe2/c1-4-27-18-10-6-8-12-20(18)30-22(27)14-16-24(26-3)17(25(16)29)15-23-28(5-2)19-11-7-9-13-21(19)31-23/h6-15H,4-5H2,1-3H3/p+1. The van der Waals surface area contributed by atoms with E-state index in [1.165, 1.54) is 34.0 Å². The molecule has 2 aliphatic rings. The summed E-state index contributed by atoms with van der Waals surface area (Å²) >= 11 is 0.462. The molecular weight excluding hydrogens is 516 g/mol. The number of nitrogens with one attached hydrogen (secondary N) is 1. The minimum absolute atomic E-state index is 0.130. The third kappa shape index (κ3) is 3.40. The molecule has 0 bridgehead atoms. The second-order valence-corrected chi connectivity index (χ2v) is 12.0. The molecule has 1 aliphatic heterocycles. The third-order valence-corrected chi connectivity index (χ3v) is 10.6. The van der Waals surface area contributed by atoms with E-state index in [-0.39, 0.29) is 35.2 Å². The normalized spacial score (nSPS) is 22.0. The second kappa shape index (κ2) is 8.38. The van der Waals surface area contributed by atoms with Gasteiger partial charge < -0.3 is 0 Å². The van der Waals surface area contributed by atoms with E-state index < -0.39 is 0 Å². The zero-order chi connectivity index (χ0) is 21.5. The summed E-state index contributed by atoms with van der Waals surface area (Å²) in [6.45, 7) is 6.25. The number of aromatic nitrogens is 1. The molecule has 1 unspecified atom stereocenters. The number of rotatable bonds is 4. The first kappa shape index (κ1) is 20.7. The quantitative estimate of drug-likeness (QED) is 0.385. The van der Waals surface area contributed by atoms with Gasteiger partial charge in [-0.25, -0.2) is 0 Å². The molecule has 1 atom stereocenters. The van der Waals surface area contributed by atoms with Crippen molar-refractivity contribution >= 4 is 61.2 Å².